The van der Waals surface area contributed by atoms with Crippen molar-refractivity contribution in [1.29, 1.82) is 0 Å². The predicted octanol–water partition coefficient (Wildman–Crippen LogP) is 1.02. The van der Waals surface area contributed by atoms with Crippen LogP contribution < -0.4 is 5.32 Å². The summed E-state index contributed by atoms with van der Waals surface area (Å²) in [7, 11) is 0. The van der Waals surface area contributed by atoms with Crippen molar-refractivity contribution in [3.8, 4) is 0 Å². The number of anilines is 1. The van der Waals surface area contributed by atoms with Crippen molar-refractivity contribution in [2.24, 2.45) is 0 Å². The van der Waals surface area contributed by atoms with Gasteiger partial charge >= 0.3 is 12.0 Å². The highest BCUT2D eigenvalue weighted by molar-refractivity contribution is 7.99. The minimum absolute atomic E-state index is 0.388. The third-order valence-electron chi connectivity index (χ3n) is 2.79. The van der Waals surface area contributed by atoms with Gasteiger partial charge in [-0.05, 0) is 13.8 Å². The Morgan fingerprint density at radius 1 is 1.56 bits per heavy atom. The Morgan fingerprint density at radius 2 is 2.28 bits per heavy atom. The fraction of sp³-hybridized carbons (Fsp3) is 0.500. The van der Waals surface area contributed by atoms with E-state index in [9.17, 15) is 9.59 Å². The number of carbonyl (C=O) groups excluding carboxylic acids is 1. The van der Waals surface area contributed by atoms with E-state index in [1.54, 1.807) is 13.8 Å². The lowest BCUT2D eigenvalue weighted by molar-refractivity contribution is -0.140. The largest absolute Gasteiger partial charge is 0.480 e. The van der Waals surface area contributed by atoms with Crippen molar-refractivity contribution >= 4 is 29.4 Å². The standard InChI is InChI=1S/C10H14N4O3S/c1-5-8(6(2)13-12-5)11-10(17)14-4-18-3-7(14)9(15)16/h7H,3-4H2,1-2H3,(H,11,17)(H,12,13)(H,15,16). The van der Waals surface area contributed by atoms with E-state index in [-0.39, 0.29) is 0 Å². The number of thioether (sulfide) groups is 1. The Morgan fingerprint density at radius 3 is 2.83 bits per heavy atom. The Hall–Kier alpha value is -1.70. The first kappa shape index (κ1) is 12.7. The number of urea groups is 1. The Kier molecular flexibility index (Phi) is 3.46. The SMILES string of the molecule is Cc1n[nH]c(C)c1NC(=O)N1CSCC1C(=O)O. The van der Waals surface area contributed by atoms with Gasteiger partial charge in [-0.2, -0.15) is 5.10 Å². The molecule has 3 N–H and O–H groups in total. The van der Waals surface area contributed by atoms with Gasteiger partial charge in [-0.25, -0.2) is 9.59 Å². The van der Waals surface area contributed by atoms with Gasteiger partial charge in [0, 0.05) is 5.75 Å². The van der Waals surface area contributed by atoms with E-state index in [0.29, 0.717) is 23.0 Å². The maximum atomic E-state index is 12.0. The summed E-state index contributed by atoms with van der Waals surface area (Å²) in [6, 6.07) is -1.16. The fourth-order valence-electron chi connectivity index (χ4n) is 1.76. The number of carboxylic acids is 1. The third-order valence-corrected chi connectivity index (χ3v) is 3.80. The highest BCUT2D eigenvalue weighted by Crippen LogP contribution is 2.23. The van der Waals surface area contributed by atoms with E-state index in [2.05, 4.69) is 15.5 Å². The van der Waals surface area contributed by atoms with Crippen molar-refractivity contribution < 1.29 is 14.7 Å². The summed E-state index contributed by atoms with van der Waals surface area (Å²) in [5, 5.41) is 18.4. The number of hydrogen-bond donors (Lipinski definition) is 3. The molecule has 1 atom stereocenters. The minimum Gasteiger partial charge on any atom is -0.480 e. The van der Waals surface area contributed by atoms with Crippen LogP contribution >= 0.6 is 11.8 Å². The molecule has 0 spiro atoms. The number of H-pyrrole nitrogens is 1. The third kappa shape index (κ3) is 2.28. The maximum Gasteiger partial charge on any atom is 0.327 e. The molecular formula is C10H14N4O3S. The van der Waals surface area contributed by atoms with Crippen LogP contribution in [0.5, 0.6) is 0 Å². The van der Waals surface area contributed by atoms with E-state index in [1.807, 2.05) is 0 Å². The van der Waals surface area contributed by atoms with Gasteiger partial charge in [0.05, 0.1) is 23.0 Å². The van der Waals surface area contributed by atoms with Gasteiger partial charge < -0.3 is 15.3 Å². The summed E-state index contributed by atoms with van der Waals surface area (Å²) in [4.78, 5) is 24.3. The highest BCUT2D eigenvalue weighted by Gasteiger charge is 2.35. The van der Waals surface area contributed by atoms with Crippen LogP contribution in [0, 0.1) is 13.8 Å². The number of carbonyl (C=O) groups is 2. The van der Waals surface area contributed by atoms with Gasteiger partial charge in [0.2, 0.25) is 0 Å². The number of nitrogens with zero attached hydrogens (tertiary/aromatic N) is 2. The normalized spacial score (nSPS) is 19.0. The Balaban J connectivity index is 2.11. The monoisotopic (exact) mass is 270 g/mol. The lowest BCUT2D eigenvalue weighted by atomic mass is 10.3. The van der Waals surface area contributed by atoms with Gasteiger partial charge in [0.25, 0.3) is 0 Å². The lowest BCUT2D eigenvalue weighted by Crippen LogP contribution is -2.44. The van der Waals surface area contributed by atoms with E-state index in [0.717, 1.165) is 5.69 Å². The summed E-state index contributed by atoms with van der Waals surface area (Å²) < 4.78 is 0. The number of aryl methyl sites for hydroxylation is 2. The van der Waals surface area contributed by atoms with Crippen LogP contribution in [-0.4, -0.2) is 49.9 Å². The number of rotatable bonds is 2. The van der Waals surface area contributed by atoms with Gasteiger partial charge in [-0.1, -0.05) is 0 Å². The zero-order valence-corrected chi connectivity index (χ0v) is 10.9. The molecule has 18 heavy (non-hydrogen) atoms. The number of aromatic nitrogens is 2. The van der Waals surface area contributed by atoms with Crippen LogP contribution in [0.15, 0.2) is 0 Å². The molecule has 7 nitrogen and oxygen atoms in total. The van der Waals surface area contributed by atoms with E-state index >= 15 is 0 Å². The quantitative estimate of drug-likeness (QED) is 0.745. The molecule has 2 rings (SSSR count). The molecular weight excluding hydrogens is 256 g/mol. The molecule has 1 aliphatic heterocycles. The van der Waals surface area contributed by atoms with Crippen LogP contribution in [0.25, 0.3) is 0 Å². The second-order valence-corrected chi connectivity index (χ2v) is 5.06. The molecule has 1 fully saturated rings. The number of aliphatic carboxylic acids is 1. The molecule has 1 aromatic heterocycles. The Labute approximate surface area is 108 Å². The molecule has 1 saturated heterocycles. The van der Waals surface area contributed by atoms with Crippen LogP contribution in [0.4, 0.5) is 10.5 Å². The van der Waals surface area contributed by atoms with Crippen molar-refractivity contribution in [2.45, 2.75) is 19.9 Å². The molecule has 98 valence electrons. The van der Waals surface area contributed by atoms with Crippen molar-refractivity contribution in [3.63, 3.8) is 0 Å². The molecule has 0 aromatic carbocycles. The smallest absolute Gasteiger partial charge is 0.327 e. The van der Waals surface area contributed by atoms with E-state index in [4.69, 9.17) is 5.11 Å². The average molecular weight is 270 g/mol. The molecule has 0 aliphatic carbocycles. The van der Waals surface area contributed by atoms with Gasteiger partial charge in [-0.15, -0.1) is 11.8 Å². The fourth-order valence-corrected chi connectivity index (χ4v) is 2.91. The summed E-state index contributed by atoms with van der Waals surface area (Å²) in [6.07, 6.45) is 0. The summed E-state index contributed by atoms with van der Waals surface area (Å²) in [5.41, 5.74) is 2.04. The molecule has 1 unspecified atom stereocenters. The number of carboxylic acid groups (broad SMARTS) is 1. The van der Waals surface area contributed by atoms with Crippen LogP contribution in [-0.2, 0) is 4.79 Å². The first-order chi connectivity index (χ1) is 8.50. The Bertz CT molecular complexity index is 468. The maximum absolute atomic E-state index is 12.0. The van der Waals surface area contributed by atoms with E-state index in [1.165, 1.54) is 16.7 Å². The molecule has 0 radical (unpaired) electrons. The first-order valence-corrected chi connectivity index (χ1v) is 6.56. The molecule has 1 aliphatic rings. The van der Waals surface area contributed by atoms with Crippen LogP contribution in [0.2, 0.25) is 0 Å². The zero-order valence-electron chi connectivity index (χ0n) is 10.1. The minimum atomic E-state index is -0.976. The lowest BCUT2D eigenvalue weighted by Gasteiger charge is -2.20. The second kappa shape index (κ2) is 4.89. The summed E-state index contributed by atoms with van der Waals surface area (Å²) in [5.74, 6) is -0.166. The van der Waals surface area contributed by atoms with Crippen molar-refractivity contribution in [2.75, 3.05) is 16.9 Å². The average Bonchev–Trinajstić information content (AvgIpc) is 2.90. The molecule has 2 amide bonds. The number of amides is 2. The first-order valence-electron chi connectivity index (χ1n) is 5.40. The van der Waals surface area contributed by atoms with E-state index < -0.39 is 18.0 Å². The van der Waals surface area contributed by atoms with Gasteiger partial charge in [0.1, 0.15) is 6.04 Å². The van der Waals surface area contributed by atoms with Gasteiger partial charge in [-0.3, -0.25) is 5.10 Å². The van der Waals surface area contributed by atoms with Crippen molar-refractivity contribution in [1.82, 2.24) is 15.1 Å². The number of nitrogens with one attached hydrogen (secondary N) is 2. The topological polar surface area (TPSA) is 98.3 Å². The zero-order chi connectivity index (χ0) is 13.3. The molecule has 2 heterocycles. The molecule has 0 bridgehead atoms. The van der Waals surface area contributed by atoms with Crippen LogP contribution in [0.1, 0.15) is 11.4 Å². The second-order valence-electron chi connectivity index (χ2n) is 4.06. The van der Waals surface area contributed by atoms with Gasteiger partial charge in [0.15, 0.2) is 0 Å². The summed E-state index contributed by atoms with van der Waals surface area (Å²) >= 11 is 1.43. The predicted molar refractivity (Wildman–Crippen MR) is 67.7 cm³/mol. The number of hydrogen-bond acceptors (Lipinski definition) is 4. The van der Waals surface area contributed by atoms with Crippen LogP contribution in [0.3, 0.4) is 0 Å². The van der Waals surface area contributed by atoms with Crippen molar-refractivity contribution in [3.05, 3.63) is 11.4 Å². The number of aromatic amines is 1. The summed E-state index contributed by atoms with van der Waals surface area (Å²) in [6.45, 7) is 3.57. The highest BCUT2D eigenvalue weighted by atomic mass is 32.2. The molecule has 1 aromatic rings. The molecule has 0 saturated carbocycles. The molecule has 8 heteroatoms.